The average Bonchev–Trinajstić information content (AvgIpc) is 2.56. The van der Waals surface area contributed by atoms with Crippen LogP contribution in [0.1, 0.15) is 33.1 Å². The van der Waals surface area contributed by atoms with Crippen molar-refractivity contribution in [1.82, 2.24) is 4.90 Å². The van der Waals surface area contributed by atoms with Crippen molar-refractivity contribution in [2.45, 2.75) is 39.2 Å². The predicted octanol–water partition coefficient (Wildman–Crippen LogP) is 3.09. The molecule has 0 aliphatic rings. The molecule has 0 saturated heterocycles. The molecule has 1 aromatic carbocycles. The molecule has 0 spiro atoms. The minimum absolute atomic E-state index is 0.0496. The third kappa shape index (κ3) is 6.16. The number of carboxylic acid groups (broad SMARTS) is 1. The number of nitrogens with one attached hydrogen (secondary N) is 1. The Balaban J connectivity index is 2.69. The number of aliphatic carboxylic acids is 1. The Morgan fingerprint density at radius 1 is 1.38 bits per heavy atom. The Morgan fingerprint density at radius 3 is 2.58 bits per heavy atom. The molecule has 0 aromatic heterocycles. The van der Waals surface area contributed by atoms with Crippen LogP contribution in [-0.2, 0) is 4.79 Å². The second kappa shape index (κ2) is 10.1. The highest BCUT2D eigenvalue weighted by atomic mass is 16.5. The van der Waals surface area contributed by atoms with Crippen LogP contribution in [0.2, 0.25) is 0 Å². The second-order valence-corrected chi connectivity index (χ2v) is 5.27. The van der Waals surface area contributed by atoms with Crippen molar-refractivity contribution in [3.63, 3.8) is 0 Å². The van der Waals surface area contributed by atoms with E-state index >= 15 is 0 Å². The van der Waals surface area contributed by atoms with Gasteiger partial charge in [-0.1, -0.05) is 13.3 Å². The smallest absolute Gasteiger partial charge is 0.326 e. The number of nitriles is 1. The van der Waals surface area contributed by atoms with Gasteiger partial charge in [0.05, 0.1) is 19.1 Å². The predicted molar refractivity (Wildman–Crippen MR) is 89.9 cm³/mol. The van der Waals surface area contributed by atoms with Gasteiger partial charge >= 0.3 is 12.0 Å². The van der Waals surface area contributed by atoms with E-state index in [2.05, 4.69) is 12.2 Å². The Kier molecular flexibility index (Phi) is 8.13. The summed E-state index contributed by atoms with van der Waals surface area (Å²) in [5.41, 5.74) is 0.530. The third-order valence-electron chi connectivity index (χ3n) is 3.42. The number of unbranched alkanes of at least 4 members (excludes halogenated alkanes) is 1. The summed E-state index contributed by atoms with van der Waals surface area (Å²) in [6.45, 7) is 4.18. The first-order chi connectivity index (χ1) is 11.5. The molecule has 0 aliphatic carbocycles. The Bertz CT molecular complexity index is 580. The molecule has 2 amide bonds. The molecule has 1 rings (SSSR count). The van der Waals surface area contributed by atoms with Crippen LogP contribution in [0.4, 0.5) is 10.5 Å². The molecule has 7 heteroatoms. The molecule has 0 radical (unpaired) electrons. The molecule has 1 aromatic rings. The molecular formula is C17H23N3O4. The lowest BCUT2D eigenvalue weighted by molar-refractivity contribution is -0.141. The number of amides is 2. The fraction of sp³-hybridized carbons (Fsp3) is 0.471. The number of carbonyl (C=O) groups excluding carboxylic acids is 1. The highest BCUT2D eigenvalue weighted by Gasteiger charge is 2.25. The molecule has 24 heavy (non-hydrogen) atoms. The highest BCUT2D eigenvalue weighted by Crippen LogP contribution is 2.17. The highest BCUT2D eigenvalue weighted by molar-refractivity contribution is 5.92. The summed E-state index contributed by atoms with van der Waals surface area (Å²) in [7, 11) is 0. The summed E-state index contributed by atoms with van der Waals surface area (Å²) >= 11 is 0. The number of carbonyl (C=O) groups is 2. The Labute approximate surface area is 141 Å². The van der Waals surface area contributed by atoms with E-state index in [0.29, 0.717) is 18.0 Å². The summed E-state index contributed by atoms with van der Waals surface area (Å²) in [4.78, 5) is 24.5. The second-order valence-electron chi connectivity index (χ2n) is 5.27. The Morgan fingerprint density at radius 2 is 2.04 bits per heavy atom. The summed E-state index contributed by atoms with van der Waals surface area (Å²) in [6.07, 6.45) is 2.09. The standard InChI is InChI=1S/C17H23N3O4/c1-3-4-12-24-15-8-6-14(7-9-15)19-17(23)20(11-5-10-18)13(2)16(21)22/h6-9,13H,3-5,11-12H2,1-2H3,(H,19,23)(H,21,22). The van der Waals surface area contributed by atoms with Crippen molar-refractivity contribution < 1.29 is 19.4 Å². The van der Waals surface area contributed by atoms with E-state index in [4.69, 9.17) is 15.1 Å². The zero-order valence-electron chi connectivity index (χ0n) is 14.0. The number of rotatable bonds is 9. The number of hydrogen-bond donors (Lipinski definition) is 2. The minimum atomic E-state index is -1.12. The molecule has 1 unspecified atom stereocenters. The molecular weight excluding hydrogens is 310 g/mol. The number of carboxylic acids is 1. The van der Waals surface area contributed by atoms with Gasteiger partial charge in [-0.3, -0.25) is 0 Å². The van der Waals surface area contributed by atoms with Crippen LogP contribution in [0.3, 0.4) is 0 Å². The SMILES string of the molecule is CCCCOc1ccc(NC(=O)N(CCC#N)C(C)C(=O)O)cc1. The zero-order valence-corrected chi connectivity index (χ0v) is 14.0. The first-order valence-corrected chi connectivity index (χ1v) is 7.89. The minimum Gasteiger partial charge on any atom is -0.494 e. The molecule has 2 N–H and O–H groups in total. The van der Waals surface area contributed by atoms with Crippen LogP contribution in [0.5, 0.6) is 5.75 Å². The van der Waals surface area contributed by atoms with Gasteiger partial charge in [0.1, 0.15) is 11.8 Å². The van der Waals surface area contributed by atoms with Gasteiger partial charge in [0.15, 0.2) is 0 Å². The van der Waals surface area contributed by atoms with Crippen molar-refractivity contribution >= 4 is 17.7 Å². The topological polar surface area (TPSA) is 103 Å². The van der Waals surface area contributed by atoms with E-state index in [1.165, 1.54) is 6.92 Å². The van der Waals surface area contributed by atoms with E-state index in [9.17, 15) is 9.59 Å². The average molecular weight is 333 g/mol. The van der Waals surface area contributed by atoms with Gasteiger partial charge in [0, 0.05) is 12.2 Å². The van der Waals surface area contributed by atoms with Gasteiger partial charge in [0.25, 0.3) is 0 Å². The van der Waals surface area contributed by atoms with Gasteiger partial charge < -0.3 is 20.1 Å². The molecule has 130 valence electrons. The van der Waals surface area contributed by atoms with Crippen LogP contribution in [0.25, 0.3) is 0 Å². The maximum Gasteiger partial charge on any atom is 0.326 e. The van der Waals surface area contributed by atoms with E-state index in [0.717, 1.165) is 17.7 Å². The monoisotopic (exact) mass is 333 g/mol. The quantitative estimate of drug-likeness (QED) is 0.676. The summed E-state index contributed by atoms with van der Waals surface area (Å²) < 4.78 is 5.54. The molecule has 0 aliphatic heterocycles. The number of hydrogen-bond acceptors (Lipinski definition) is 4. The number of anilines is 1. The van der Waals surface area contributed by atoms with Crippen LogP contribution in [-0.4, -0.2) is 41.2 Å². The molecule has 1 atom stereocenters. The van der Waals surface area contributed by atoms with Crippen molar-refractivity contribution in [3.05, 3.63) is 24.3 Å². The van der Waals surface area contributed by atoms with Crippen molar-refractivity contribution in [3.8, 4) is 11.8 Å². The summed E-state index contributed by atoms with van der Waals surface area (Å²) in [5.74, 6) is -0.413. The van der Waals surface area contributed by atoms with Crippen molar-refractivity contribution in [2.75, 3.05) is 18.5 Å². The normalized spacial score (nSPS) is 11.2. The van der Waals surface area contributed by atoms with Crippen LogP contribution < -0.4 is 10.1 Å². The molecule has 0 bridgehead atoms. The van der Waals surface area contributed by atoms with Crippen molar-refractivity contribution in [2.24, 2.45) is 0 Å². The summed E-state index contributed by atoms with van der Waals surface area (Å²) in [6, 6.07) is 7.20. The maximum atomic E-state index is 12.3. The molecule has 7 nitrogen and oxygen atoms in total. The number of ether oxygens (including phenoxy) is 1. The van der Waals surface area contributed by atoms with E-state index < -0.39 is 18.0 Å². The lowest BCUT2D eigenvalue weighted by atomic mass is 10.2. The van der Waals surface area contributed by atoms with Crippen LogP contribution >= 0.6 is 0 Å². The zero-order chi connectivity index (χ0) is 17.9. The van der Waals surface area contributed by atoms with Gasteiger partial charge in [-0.2, -0.15) is 5.26 Å². The van der Waals surface area contributed by atoms with Crippen molar-refractivity contribution in [1.29, 1.82) is 5.26 Å². The summed E-state index contributed by atoms with van der Waals surface area (Å²) in [5, 5.41) is 20.4. The first kappa shape index (κ1) is 19.3. The fourth-order valence-corrected chi connectivity index (χ4v) is 1.94. The first-order valence-electron chi connectivity index (χ1n) is 7.89. The van der Waals surface area contributed by atoms with Gasteiger partial charge in [-0.05, 0) is 37.6 Å². The van der Waals surface area contributed by atoms with Gasteiger partial charge in [0.2, 0.25) is 0 Å². The van der Waals surface area contributed by atoms with E-state index in [1.807, 2.05) is 6.07 Å². The van der Waals surface area contributed by atoms with E-state index in [1.54, 1.807) is 24.3 Å². The molecule has 0 heterocycles. The Hall–Kier alpha value is -2.75. The number of urea groups is 1. The van der Waals surface area contributed by atoms with Crippen LogP contribution in [0, 0.1) is 11.3 Å². The molecule has 0 saturated carbocycles. The lowest BCUT2D eigenvalue weighted by Crippen LogP contribution is -2.45. The molecule has 0 fully saturated rings. The number of nitrogens with zero attached hydrogens (tertiary/aromatic N) is 2. The van der Waals surface area contributed by atoms with Crippen LogP contribution in [0.15, 0.2) is 24.3 Å². The van der Waals surface area contributed by atoms with Gasteiger partial charge in [-0.25, -0.2) is 9.59 Å². The largest absolute Gasteiger partial charge is 0.494 e. The third-order valence-corrected chi connectivity index (χ3v) is 3.42. The maximum absolute atomic E-state index is 12.3. The lowest BCUT2D eigenvalue weighted by Gasteiger charge is -2.25. The number of benzene rings is 1. The fourth-order valence-electron chi connectivity index (χ4n) is 1.94. The van der Waals surface area contributed by atoms with E-state index in [-0.39, 0.29) is 13.0 Å². The van der Waals surface area contributed by atoms with Gasteiger partial charge in [-0.15, -0.1) is 0 Å².